The quantitative estimate of drug-likeness (QED) is 0.841. The van der Waals surface area contributed by atoms with Crippen molar-refractivity contribution in [1.82, 2.24) is 4.72 Å². The molecule has 0 unspecified atom stereocenters. The number of aliphatic hydroxyl groups is 1. The van der Waals surface area contributed by atoms with Gasteiger partial charge >= 0.3 is 0 Å². The molecule has 8 heteroatoms. The van der Waals surface area contributed by atoms with Crippen LogP contribution in [-0.2, 0) is 14.8 Å². The SMILES string of the molecule is CCOc1cc(C)c(Cl)cc1S(=O)(=O)N[C@@H]1CCOC[C@H]1O. The smallest absolute Gasteiger partial charge is 0.244 e. The Bertz CT molecular complexity index is 634. The number of hydrogen-bond donors (Lipinski definition) is 2. The van der Waals surface area contributed by atoms with Crippen molar-refractivity contribution in [3.05, 3.63) is 22.7 Å². The zero-order chi connectivity index (χ0) is 16.3. The van der Waals surface area contributed by atoms with Crippen molar-refractivity contribution in [3.8, 4) is 5.75 Å². The largest absolute Gasteiger partial charge is 0.492 e. The van der Waals surface area contributed by atoms with Crippen LogP contribution >= 0.6 is 11.6 Å². The van der Waals surface area contributed by atoms with Crippen LogP contribution in [0.3, 0.4) is 0 Å². The lowest BCUT2D eigenvalue weighted by atomic mass is 10.1. The fourth-order valence-corrected chi connectivity index (χ4v) is 3.92. The average Bonchev–Trinajstić information content (AvgIpc) is 2.45. The molecule has 1 aliphatic heterocycles. The summed E-state index contributed by atoms with van der Waals surface area (Å²) >= 11 is 6.05. The summed E-state index contributed by atoms with van der Waals surface area (Å²) in [6.45, 7) is 4.40. The molecule has 0 aromatic heterocycles. The first kappa shape index (κ1) is 17.5. The van der Waals surface area contributed by atoms with Crippen LogP contribution in [0.15, 0.2) is 17.0 Å². The monoisotopic (exact) mass is 349 g/mol. The molecule has 0 bridgehead atoms. The van der Waals surface area contributed by atoms with Gasteiger partial charge in [-0.15, -0.1) is 0 Å². The fourth-order valence-electron chi connectivity index (χ4n) is 2.24. The second kappa shape index (κ2) is 7.14. The van der Waals surface area contributed by atoms with Gasteiger partial charge in [0.15, 0.2) is 0 Å². The molecule has 0 radical (unpaired) electrons. The maximum atomic E-state index is 12.6. The van der Waals surface area contributed by atoms with Gasteiger partial charge in [0.05, 0.1) is 25.4 Å². The van der Waals surface area contributed by atoms with Crippen molar-refractivity contribution >= 4 is 21.6 Å². The van der Waals surface area contributed by atoms with E-state index in [9.17, 15) is 13.5 Å². The Morgan fingerprint density at radius 1 is 1.50 bits per heavy atom. The Morgan fingerprint density at radius 2 is 2.23 bits per heavy atom. The number of aryl methyl sites for hydroxylation is 1. The fraction of sp³-hybridized carbons (Fsp3) is 0.571. The third-order valence-electron chi connectivity index (χ3n) is 3.45. The Labute approximate surface area is 135 Å². The van der Waals surface area contributed by atoms with Crippen molar-refractivity contribution in [1.29, 1.82) is 0 Å². The molecule has 2 N–H and O–H groups in total. The molecule has 1 aliphatic rings. The average molecular weight is 350 g/mol. The van der Waals surface area contributed by atoms with Crippen molar-refractivity contribution < 1.29 is 23.0 Å². The van der Waals surface area contributed by atoms with Crippen LogP contribution in [-0.4, -0.2) is 45.5 Å². The van der Waals surface area contributed by atoms with Gasteiger partial charge in [0.25, 0.3) is 0 Å². The molecule has 0 amide bonds. The second-order valence-electron chi connectivity index (χ2n) is 5.14. The Hall–Kier alpha value is -0.860. The van der Waals surface area contributed by atoms with Gasteiger partial charge in [-0.1, -0.05) is 11.6 Å². The van der Waals surface area contributed by atoms with E-state index in [4.69, 9.17) is 21.1 Å². The molecule has 1 fully saturated rings. The van der Waals surface area contributed by atoms with E-state index in [0.717, 1.165) is 5.56 Å². The van der Waals surface area contributed by atoms with Crippen molar-refractivity contribution in [2.45, 2.75) is 37.3 Å². The number of rotatable bonds is 5. The van der Waals surface area contributed by atoms with Crippen LogP contribution in [0.5, 0.6) is 5.75 Å². The maximum Gasteiger partial charge on any atom is 0.244 e. The minimum absolute atomic E-state index is 0.0244. The number of nitrogens with one attached hydrogen (secondary N) is 1. The van der Waals surface area contributed by atoms with E-state index < -0.39 is 22.2 Å². The number of aliphatic hydroxyl groups excluding tert-OH is 1. The molecule has 1 aromatic carbocycles. The summed E-state index contributed by atoms with van der Waals surface area (Å²) in [4.78, 5) is -0.0244. The number of hydrogen-bond acceptors (Lipinski definition) is 5. The summed E-state index contributed by atoms with van der Waals surface area (Å²) < 4.78 is 38.2. The zero-order valence-corrected chi connectivity index (χ0v) is 14.1. The summed E-state index contributed by atoms with van der Waals surface area (Å²) in [6, 6.07) is 2.38. The van der Waals surface area contributed by atoms with Crippen molar-refractivity contribution in [3.63, 3.8) is 0 Å². The lowest BCUT2D eigenvalue weighted by Crippen LogP contribution is -2.48. The lowest BCUT2D eigenvalue weighted by molar-refractivity contribution is -0.0222. The molecule has 1 aromatic rings. The number of sulfonamides is 1. The van der Waals surface area contributed by atoms with E-state index in [1.165, 1.54) is 6.07 Å². The van der Waals surface area contributed by atoms with Gasteiger partial charge in [-0.05, 0) is 38.0 Å². The first-order chi connectivity index (χ1) is 10.3. The van der Waals surface area contributed by atoms with Crippen LogP contribution in [0, 0.1) is 6.92 Å². The van der Waals surface area contributed by atoms with Crippen LogP contribution in [0.4, 0.5) is 0 Å². The molecule has 2 atom stereocenters. The molecule has 2 rings (SSSR count). The Balaban J connectivity index is 2.33. The highest BCUT2D eigenvalue weighted by molar-refractivity contribution is 7.89. The van der Waals surface area contributed by atoms with E-state index in [1.54, 1.807) is 19.9 Å². The first-order valence-electron chi connectivity index (χ1n) is 7.06. The predicted molar refractivity (Wildman–Crippen MR) is 82.9 cm³/mol. The van der Waals surface area contributed by atoms with Gasteiger partial charge < -0.3 is 14.6 Å². The molecular weight excluding hydrogens is 330 g/mol. The van der Waals surface area contributed by atoms with Crippen molar-refractivity contribution in [2.75, 3.05) is 19.8 Å². The molecule has 1 heterocycles. The molecule has 22 heavy (non-hydrogen) atoms. The van der Waals surface area contributed by atoms with Gasteiger partial charge in [-0.25, -0.2) is 13.1 Å². The van der Waals surface area contributed by atoms with Crippen LogP contribution in [0.25, 0.3) is 0 Å². The van der Waals surface area contributed by atoms with Gasteiger partial charge in [0, 0.05) is 11.6 Å². The summed E-state index contributed by atoms with van der Waals surface area (Å²) in [5.41, 5.74) is 0.732. The first-order valence-corrected chi connectivity index (χ1v) is 8.92. The maximum absolute atomic E-state index is 12.6. The molecular formula is C14H20ClNO5S. The minimum atomic E-state index is -3.86. The van der Waals surface area contributed by atoms with Gasteiger partial charge in [-0.3, -0.25) is 0 Å². The molecule has 0 aliphatic carbocycles. The molecule has 6 nitrogen and oxygen atoms in total. The minimum Gasteiger partial charge on any atom is -0.492 e. The number of halogens is 1. The predicted octanol–water partition coefficient (Wildman–Crippen LogP) is 1.48. The molecule has 124 valence electrons. The summed E-state index contributed by atoms with van der Waals surface area (Å²) in [5.74, 6) is 0.249. The molecule has 0 saturated carbocycles. The summed E-state index contributed by atoms with van der Waals surface area (Å²) in [7, 11) is -3.86. The van der Waals surface area contributed by atoms with E-state index >= 15 is 0 Å². The number of ether oxygens (including phenoxy) is 2. The highest BCUT2D eigenvalue weighted by Crippen LogP contribution is 2.30. The number of benzene rings is 1. The third-order valence-corrected chi connectivity index (χ3v) is 5.37. The second-order valence-corrected chi connectivity index (χ2v) is 7.23. The van der Waals surface area contributed by atoms with E-state index in [-0.39, 0.29) is 17.3 Å². The highest BCUT2D eigenvalue weighted by atomic mass is 35.5. The third kappa shape index (κ3) is 3.91. The van der Waals surface area contributed by atoms with Crippen LogP contribution in [0.2, 0.25) is 5.02 Å². The summed E-state index contributed by atoms with van der Waals surface area (Å²) in [6.07, 6.45) is -0.468. The molecule has 0 spiro atoms. The van der Waals surface area contributed by atoms with Crippen LogP contribution < -0.4 is 9.46 Å². The topological polar surface area (TPSA) is 84.9 Å². The Morgan fingerprint density at radius 3 is 2.86 bits per heavy atom. The standard InChI is InChI=1S/C14H20ClNO5S/c1-3-21-13-6-9(2)10(15)7-14(13)22(18,19)16-11-4-5-20-8-12(11)17/h6-7,11-12,16-17H,3-5,8H2,1-2H3/t11-,12-/m1/s1. The van der Waals surface area contributed by atoms with Crippen LogP contribution in [0.1, 0.15) is 18.9 Å². The van der Waals surface area contributed by atoms with Gasteiger partial charge in [0.2, 0.25) is 10.0 Å². The van der Waals surface area contributed by atoms with E-state index in [1.807, 2.05) is 0 Å². The van der Waals surface area contributed by atoms with Gasteiger partial charge in [-0.2, -0.15) is 0 Å². The van der Waals surface area contributed by atoms with E-state index in [2.05, 4.69) is 4.72 Å². The van der Waals surface area contributed by atoms with E-state index in [0.29, 0.717) is 24.7 Å². The summed E-state index contributed by atoms with van der Waals surface area (Å²) in [5, 5.41) is 10.2. The van der Waals surface area contributed by atoms with Gasteiger partial charge in [0.1, 0.15) is 10.6 Å². The zero-order valence-electron chi connectivity index (χ0n) is 12.5. The lowest BCUT2D eigenvalue weighted by Gasteiger charge is -2.28. The van der Waals surface area contributed by atoms with Crippen molar-refractivity contribution in [2.24, 2.45) is 0 Å². The Kier molecular flexibility index (Phi) is 5.68. The molecule has 1 saturated heterocycles. The highest BCUT2D eigenvalue weighted by Gasteiger charge is 2.30. The normalized spacial score (nSPS) is 22.5.